The summed E-state index contributed by atoms with van der Waals surface area (Å²) in [6.07, 6.45) is 0. The van der Waals surface area contributed by atoms with Crippen LogP contribution in [0.2, 0.25) is 0 Å². The third kappa shape index (κ3) is 2.98. The molecule has 0 aliphatic rings. The fourth-order valence-electron chi connectivity index (χ4n) is 1.62. The van der Waals surface area contributed by atoms with Crippen molar-refractivity contribution in [2.24, 2.45) is 0 Å². The van der Waals surface area contributed by atoms with Crippen LogP contribution in [0.3, 0.4) is 0 Å². The average molecular weight is 229 g/mol. The van der Waals surface area contributed by atoms with Crippen LogP contribution in [0.1, 0.15) is 6.92 Å². The van der Waals surface area contributed by atoms with Crippen LogP contribution in [0.4, 0.5) is 0 Å². The zero-order chi connectivity index (χ0) is 12.3. The Morgan fingerprint density at radius 1 is 1.06 bits per heavy atom. The van der Waals surface area contributed by atoms with Gasteiger partial charge in [-0.15, -0.1) is 0 Å². The van der Waals surface area contributed by atoms with Gasteiger partial charge in [-0.3, -0.25) is 0 Å². The Labute approximate surface area is 103 Å². The fourth-order valence-corrected chi connectivity index (χ4v) is 1.62. The van der Waals surface area contributed by atoms with Crippen LogP contribution in [-0.4, -0.2) is 31.6 Å². The molecule has 0 bridgehead atoms. The highest BCUT2D eigenvalue weighted by Crippen LogP contribution is 2.20. The molecule has 1 unspecified atom stereocenters. The minimum absolute atomic E-state index is 0.418. The summed E-state index contributed by atoms with van der Waals surface area (Å²) in [5.41, 5.74) is 0. The maximum absolute atomic E-state index is 5.80. The summed E-state index contributed by atoms with van der Waals surface area (Å²) >= 11 is 0. The molecular formula is C15H19NO. The van der Waals surface area contributed by atoms with E-state index in [2.05, 4.69) is 62.3 Å². The van der Waals surface area contributed by atoms with Gasteiger partial charge in [0.2, 0.25) is 0 Å². The maximum Gasteiger partial charge on any atom is 0.120 e. The molecular weight excluding hydrogens is 210 g/mol. The van der Waals surface area contributed by atoms with Crippen molar-refractivity contribution in [3.8, 4) is 5.75 Å². The van der Waals surface area contributed by atoms with Crippen LogP contribution in [0, 0.1) is 0 Å². The Balaban J connectivity index is 2.09. The van der Waals surface area contributed by atoms with E-state index in [0.29, 0.717) is 12.6 Å². The van der Waals surface area contributed by atoms with Crippen molar-refractivity contribution in [2.45, 2.75) is 13.0 Å². The Bertz CT molecular complexity index is 493. The second-order valence-electron chi connectivity index (χ2n) is 4.63. The summed E-state index contributed by atoms with van der Waals surface area (Å²) in [7, 11) is 4.13. The Kier molecular flexibility index (Phi) is 3.64. The Morgan fingerprint density at radius 3 is 2.47 bits per heavy atom. The van der Waals surface area contributed by atoms with Crippen LogP contribution < -0.4 is 4.74 Å². The third-order valence-electron chi connectivity index (χ3n) is 3.09. The van der Waals surface area contributed by atoms with Crippen molar-refractivity contribution >= 4 is 10.8 Å². The minimum Gasteiger partial charge on any atom is -0.492 e. The standard InChI is InChI=1S/C15H19NO/c1-12(16(2)3)11-17-15-9-8-13-6-4-5-7-14(13)10-15/h4-10,12H,11H2,1-3H3. The van der Waals surface area contributed by atoms with Crippen molar-refractivity contribution in [1.29, 1.82) is 0 Å². The first-order valence-corrected chi connectivity index (χ1v) is 5.95. The van der Waals surface area contributed by atoms with E-state index in [1.165, 1.54) is 10.8 Å². The van der Waals surface area contributed by atoms with E-state index in [9.17, 15) is 0 Å². The zero-order valence-electron chi connectivity index (χ0n) is 10.7. The first-order chi connectivity index (χ1) is 8.16. The van der Waals surface area contributed by atoms with E-state index in [4.69, 9.17) is 4.74 Å². The molecule has 0 N–H and O–H groups in total. The first kappa shape index (κ1) is 11.9. The molecule has 0 aliphatic carbocycles. The van der Waals surface area contributed by atoms with Crippen LogP contribution in [0.25, 0.3) is 10.8 Å². The molecule has 1 atom stereocenters. The molecule has 0 aliphatic heterocycles. The van der Waals surface area contributed by atoms with E-state index in [1.54, 1.807) is 0 Å². The predicted octanol–water partition coefficient (Wildman–Crippen LogP) is 3.17. The number of nitrogens with zero attached hydrogens (tertiary/aromatic N) is 1. The first-order valence-electron chi connectivity index (χ1n) is 5.95. The summed E-state index contributed by atoms with van der Waals surface area (Å²) in [6, 6.07) is 15.0. The Hall–Kier alpha value is -1.54. The number of ether oxygens (including phenoxy) is 1. The third-order valence-corrected chi connectivity index (χ3v) is 3.09. The molecule has 0 amide bonds. The minimum atomic E-state index is 0.418. The number of hydrogen-bond acceptors (Lipinski definition) is 2. The van der Waals surface area contributed by atoms with Crippen LogP contribution in [-0.2, 0) is 0 Å². The molecule has 0 fully saturated rings. The lowest BCUT2D eigenvalue weighted by Crippen LogP contribution is -2.30. The molecule has 0 spiro atoms. The van der Waals surface area contributed by atoms with Gasteiger partial charge in [0.05, 0.1) is 0 Å². The highest BCUT2D eigenvalue weighted by molar-refractivity contribution is 5.83. The molecule has 2 aromatic carbocycles. The largest absolute Gasteiger partial charge is 0.492 e. The van der Waals surface area contributed by atoms with E-state index in [-0.39, 0.29) is 0 Å². The van der Waals surface area contributed by atoms with Gasteiger partial charge in [-0.05, 0) is 43.9 Å². The van der Waals surface area contributed by atoms with Gasteiger partial charge in [0, 0.05) is 6.04 Å². The van der Waals surface area contributed by atoms with E-state index in [1.807, 2.05) is 6.07 Å². The van der Waals surface area contributed by atoms with Crippen molar-refractivity contribution in [3.63, 3.8) is 0 Å². The molecule has 2 rings (SSSR count). The molecule has 0 saturated carbocycles. The van der Waals surface area contributed by atoms with Gasteiger partial charge in [-0.1, -0.05) is 30.3 Å². The fraction of sp³-hybridized carbons (Fsp3) is 0.333. The van der Waals surface area contributed by atoms with Crippen LogP contribution >= 0.6 is 0 Å². The molecule has 2 aromatic rings. The highest BCUT2D eigenvalue weighted by Gasteiger charge is 2.05. The van der Waals surface area contributed by atoms with Crippen molar-refractivity contribution < 1.29 is 4.74 Å². The van der Waals surface area contributed by atoms with E-state index >= 15 is 0 Å². The number of hydrogen-bond donors (Lipinski definition) is 0. The smallest absolute Gasteiger partial charge is 0.120 e. The van der Waals surface area contributed by atoms with Crippen LogP contribution in [0.5, 0.6) is 5.75 Å². The number of fused-ring (bicyclic) bond motifs is 1. The molecule has 0 saturated heterocycles. The van der Waals surface area contributed by atoms with Gasteiger partial charge in [0.25, 0.3) is 0 Å². The number of benzene rings is 2. The molecule has 2 nitrogen and oxygen atoms in total. The molecule has 17 heavy (non-hydrogen) atoms. The number of rotatable bonds is 4. The summed E-state index contributed by atoms with van der Waals surface area (Å²) in [6.45, 7) is 2.87. The second kappa shape index (κ2) is 5.19. The van der Waals surface area contributed by atoms with Gasteiger partial charge < -0.3 is 9.64 Å². The van der Waals surface area contributed by atoms with Gasteiger partial charge >= 0.3 is 0 Å². The van der Waals surface area contributed by atoms with E-state index < -0.39 is 0 Å². The zero-order valence-corrected chi connectivity index (χ0v) is 10.7. The molecule has 0 heterocycles. The highest BCUT2D eigenvalue weighted by atomic mass is 16.5. The quantitative estimate of drug-likeness (QED) is 0.798. The topological polar surface area (TPSA) is 12.5 Å². The SMILES string of the molecule is CC(COc1ccc2ccccc2c1)N(C)C. The summed E-state index contributed by atoms with van der Waals surface area (Å²) < 4.78 is 5.80. The monoisotopic (exact) mass is 229 g/mol. The lowest BCUT2D eigenvalue weighted by Gasteiger charge is -2.20. The molecule has 0 aromatic heterocycles. The van der Waals surface area contributed by atoms with Crippen LogP contribution in [0.15, 0.2) is 42.5 Å². The summed E-state index contributed by atoms with van der Waals surface area (Å²) in [4.78, 5) is 2.15. The molecule has 0 radical (unpaired) electrons. The van der Waals surface area contributed by atoms with Crippen molar-refractivity contribution in [1.82, 2.24) is 4.90 Å². The normalized spacial score (nSPS) is 12.9. The summed E-state index contributed by atoms with van der Waals surface area (Å²) in [5.74, 6) is 0.942. The second-order valence-corrected chi connectivity index (χ2v) is 4.63. The van der Waals surface area contributed by atoms with Gasteiger partial charge in [0.1, 0.15) is 12.4 Å². The van der Waals surface area contributed by atoms with E-state index in [0.717, 1.165) is 5.75 Å². The average Bonchev–Trinajstić information content (AvgIpc) is 2.35. The Morgan fingerprint density at radius 2 is 1.76 bits per heavy atom. The van der Waals surface area contributed by atoms with Gasteiger partial charge in [-0.25, -0.2) is 0 Å². The molecule has 2 heteroatoms. The summed E-state index contributed by atoms with van der Waals surface area (Å²) in [5, 5.41) is 2.48. The van der Waals surface area contributed by atoms with Gasteiger partial charge in [-0.2, -0.15) is 0 Å². The lowest BCUT2D eigenvalue weighted by atomic mass is 10.1. The number of likely N-dealkylation sites (N-methyl/N-ethyl adjacent to an activating group) is 1. The molecule has 90 valence electrons. The maximum atomic E-state index is 5.80. The lowest BCUT2D eigenvalue weighted by molar-refractivity contribution is 0.198. The van der Waals surface area contributed by atoms with Gasteiger partial charge in [0.15, 0.2) is 0 Å². The predicted molar refractivity (Wildman–Crippen MR) is 72.6 cm³/mol. The van der Waals surface area contributed by atoms with Crippen molar-refractivity contribution in [3.05, 3.63) is 42.5 Å². The van der Waals surface area contributed by atoms with Crippen molar-refractivity contribution in [2.75, 3.05) is 20.7 Å².